The van der Waals surface area contributed by atoms with Crippen molar-refractivity contribution in [2.24, 2.45) is 0 Å². The average Bonchev–Trinajstić information content (AvgIpc) is 2.35. The summed E-state index contributed by atoms with van der Waals surface area (Å²) >= 11 is 0. The summed E-state index contributed by atoms with van der Waals surface area (Å²) < 4.78 is 15.1. The lowest BCUT2D eigenvalue weighted by Crippen LogP contribution is -2.60. The van der Waals surface area contributed by atoms with Gasteiger partial charge in [-0.1, -0.05) is 0 Å². The third kappa shape index (κ3) is 3.81. The van der Waals surface area contributed by atoms with Gasteiger partial charge < -0.3 is 24.2 Å². The van der Waals surface area contributed by atoms with Gasteiger partial charge in [0, 0.05) is 6.54 Å². The van der Waals surface area contributed by atoms with Gasteiger partial charge in [-0.25, -0.2) is 9.59 Å². The number of ether oxygens (including phenoxy) is 3. The van der Waals surface area contributed by atoms with Gasteiger partial charge in [0.2, 0.25) is 5.60 Å². The molecule has 1 rings (SSSR count). The number of hydrogen-bond acceptors (Lipinski definition) is 6. The Morgan fingerprint density at radius 1 is 1.42 bits per heavy atom. The number of methoxy groups -OCH3 is 1. The second-order valence-corrected chi connectivity index (χ2v) is 5.39. The first kappa shape index (κ1) is 15.7. The molecule has 0 aromatic rings. The zero-order valence-corrected chi connectivity index (χ0v) is 11.8. The van der Waals surface area contributed by atoms with E-state index in [0.29, 0.717) is 6.54 Å². The first-order chi connectivity index (χ1) is 8.74. The lowest BCUT2D eigenvalue weighted by atomic mass is 10.0. The Labute approximate surface area is 112 Å². The van der Waals surface area contributed by atoms with Crippen LogP contribution in [-0.2, 0) is 19.0 Å². The summed E-state index contributed by atoms with van der Waals surface area (Å²) in [7, 11) is 1.20. The summed E-state index contributed by atoms with van der Waals surface area (Å²) in [6.45, 7) is 5.05. The van der Waals surface area contributed by atoms with E-state index in [1.165, 1.54) is 12.0 Å². The second-order valence-electron chi connectivity index (χ2n) is 5.39. The van der Waals surface area contributed by atoms with Crippen LogP contribution < -0.4 is 0 Å². The molecule has 7 heteroatoms. The summed E-state index contributed by atoms with van der Waals surface area (Å²) in [5.41, 5.74) is -2.15. The number of morpholine rings is 1. The highest BCUT2D eigenvalue weighted by Crippen LogP contribution is 2.21. The Bertz CT molecular complexity index is 351. The lowest BCUT2D eigenvalue weighted by molar-refractivity contribution is -0.187. The van der Waals surface area contributed by atoms with Crippen LogP contribution in [0, 0.1) is 0 Å². The van der Waals surface area contributed by atoms with Crippen LogP contribution >= 0.6 is 0 Å². The summed E-state index contributed by atoms with van der Waals surface area (Å²) in [6.07, 6.45) is -0.544. The van der Waals surface area contributed by atoms with Crippen LogP contribution in [0.15, 0.2) is 0 Å². The predicted molar refractivity (Wildman–Crippen MR) is 65.6 cm³/mol. The van der Waals surface area contributed by atoms with Crippen LogP contribution in [0.4, 0.5) is 4.79 Å². The van der Waals surface area contributed by atoms with Crippen molar-refractivity contribution < 1.29 is 28.9 Å². The van der Waals surface area contributed by atoms with E-state index in [0.717, 1.165) is 0 Å². The van der Waals surface area contributed by atoms with Crippen molar-refractivity contribution in [1.82, 2.24) is 4.90 Å². The molecule has 1 saturated heterocycles. The normalized spacial score (nSPS) is 23.9. The maximum Gasteiger partial charge on any atom is 0.410 e. The molecule has 1 heterocycles. The fraction of sp³-hybridized carbons (Fsp3) is 0.833. The van der Waals surface area contributed by atoms with Gasteiger partial charge in [0.1, 0.15) is 5.60 Å². The molecule has 19 heavy (non-hydrogen) atoms. The van der Waals surface area contributed by atoms with Crippen LogP contribution in [0.5, 0.6) is 0 Å². The zero-order chi connectivity index (χ0) is 14.7. The molecule has 1 amide bonds. The van der Waals surface area contributed by atoms with Crippen molar-refractivity contribution in [2.75, 3.05) is 33.4 Å². The Morgan fingerprint density at radius 3 is 2.53 bits per heavy atom. The number of hydrogen-bond donors (Lipinski definition) is 1. The number of nitrogens with zero attached hydrogens (tertiary/aromatic N) is 1. The molecule has 110 valence electrons. The first-order valence-corrected chi connectivity index (χ1v) is 6.05. The van der Waals surface area contributed by atoms with Gasteiger partial charge in [-0.2, -0.15) is 0 Å². The van der Waals surface area contributed by atoms with E-state index in [1.807, 2.05) is 0 Å². The molecule has 0 bridgehead atoms. The molecule has 1 atom stereocenters. The highest BCUT2D eigenvalue weighted by molar-refractivity contribution is 5.81. The number of esters is 1. The number of carbonyl (C=O) groups excluding carboxylic acids is 2. The summed E-state index contributed by atoms with van der Waals surface area (Å²) in [4.78, 5) is 25.0. The Hall–Kier alpha value is -1.34. The zero-order valence-electron chi connectivity index (χ0n) is 11.8. The number of amides is 1. The van der Waals surface area contributed by atoms with Crippen molar-refractivity contribution in [1.29, 1.82) is 0 Å². The minimum absolute atomic E-state index is 0.0922. The van der Waals surface area contributed by atoms with E-state index in [1.54, 1.807) is 20.8 Å². The van der Waals surface area contributed by atoms with E-state index < -0.39 is 29.9 Å². The van der Waals surface area contributed by atoms with Gasteiger partial charge in [0.15, 0.2) is 0 Å². The van der Waals surface area contributed by atoms with Gasteiger partial charge in [-0.3, -0.25) is 0 Å². The minimum Gasteiger partial charge on any atom is -0.467 e. The molecule has 0 radical (unpaired) electrons. The van der Waals surface area contributed by atoms with Crippen molar-refractivity contribution in [3.05, 3.63) is 0 Å². The molecule has 1 unspecified atom stereocenters. The fourth-order valence-corrected chi connectivity index (χ4v) is 1.74. The van der Waals surface area contributed by atoms with Crippen LogP contribution in [0.3, 0.4) is 0 Å². The molecular formula is C12H21NO6. The van der Waals surface area contributed by atoms with E-state index in [4.69, 9.17) is 9.47 Å². The molecule has 0 aromatic carbocycles. The number of rotatable bonds is 2. The van der Waals surface area contributed by atoms with Gasteiger partial charge >= 0.3 is 12.1 Å². The van der Waals surface area contributed by atoms with E-state index >= 15 is 0 Å². The second kappa shape index (κ2) is 5.75. The van der Waals surface area contributed by atoms with Crippen LogP contribution in [-0.4, -0.2) is 66.7 Å². The summed E-state index contributed by atoms with van der Waals surface area (Å²) in [5.74, 6) is -0.705. The highest BCUT2D eigenvalue weighted by atomic mass is 16.6. The van der Waals surface area contributed by atoms with E-state index in [2.05, 4.69) is 4.74 Å². The lowest BCUT2D eigenvalue weighted by Gasteiger charge is -2.39. The maximum absolute atomic E-state index is 11.9. The Morgan fingerprint density at radius 2 is 2.05 bits per heavy atom. The van der Waals surface area contributed by atoms with Crippen molar-refractivity contribution in [3.63, 3.8) is 0 Å². The standard InChI is InChI=1S/C12H21NO6/c1-11(2,3)19-10(16)13-5-6-18-12(7-13,8-14)9(15)17-4/h14H,5-8H2,1-4H3. The molecule has 1 aliphatic rings. The SMILES string of the molecule is COC(=O)C1(CO)CN(C(=O)OC(C)(C)C)CCO1. The number of aliphatic hydroxyl groups is 1. The molecule has 1 aliphatic heterocycles. The number of aliphatic hydroxyl groups excluding tert-OH is 1. The van der Waals surface area contributed by atoms with Crippen LogP contribution in [0.25, 0.3) is 0 Å². The predicted octanol–water partition coefficient (Wildman–Crippen LogP) is 0.158. The monoisotopic (exact) mass is 275 g/mol. The van der Waals surface area contributed by atoms with Gasteiger partial charge in [0.25, 0.3) is 0 Å². The molecule has 0 aliphatic carbocycles. The molecule has 0 spiro atoms. The minimum atomic E-state index is -1.52. The molecule has 0 saturated carbocycles. The van der Waals surface area contributed by atoms with E-state index in [-0.39, 0.29) is 13.2 Å². The maximum atomic E-state index is 11.9. The third-order valence-corrected chi connectivity index (χ3v) is 2.65. The van der Waals surface area contributed by atoms with Crippen LogP contribution in [0.1, 0.15) is 20.8 Å². The fourth-order valence-electron chi connectivity index (χ4n) is 1.74. The van der Waals surface area contributed by atoms with Gasteiger partial charge in [-0.15, -0.1) is 0 Å². The van der Waals surface area contributed by atoms with Crippen molar-refractivity contribution in [2.45, 2.75) is 32.0 Å². The molecule has 7 nitrogen and oxygen atoms in total. The Kier molecular flexibility index (Phi) is 4.75. The Balaban J connectivity index is 2.78. The first-order valence-electron chi connectivity index (χ1n) is 6.05. The third-order valence-electron chi connectivity index (χ3n) is 2.65. The topological polar surface area (TPSA) is 85.3 Å². The largest absolute Gasteiger partial charge is 0.467 e. The smallest absolute Gasteiger partial charge is 0.410 e. The summed E-state index contributed by atoms with van der Waals surface area (Å²) in [6, 6.07) is 0. The average molecular weight is 275 g/mol. The van der Waals surface area contributed by atoms with Crippen molar-refractivity contribution >= 4 is 12.1 Å². The molecule has 0 aromatic heterocycles. The van der Waals surface area contributed by atoms with E-state index in [9.17, 15) is 14.7 Å². The summed E-state index contributed by atoms with van der Waals surface area (Å²) in [5, 5.41) is 9.37. The molecular weight excluding hydrogens is 254 g/mol. The van der Waals surface area contributed by atoms with Crippen LogP contribution in [0.2, 0.25) is 0 Å². The van der Waals surface area contributed by atoms with Gasteiger partial charge in [0.05, 0.1) is 26.9 Å². The van der Waals surface area contributed by atoms with Crippen molar-refractivity contribution in [3.8, 4) is 0 Å². The number of carbonyl (C=O) groups is 2. The van der Waals surface area contributed by atoms with Gasteiger partial charge in [-0.05, 0) is 20.8 Å². The molecule has 1 N–H and O–H groups in total. The molecule has 1 fully saturated rings. The highest BCUT2D eigenvalue weighted by Gasteiger charge is 2.46. The quantitative estimate of drug-likeness (QED) is 0.722.